The number of hydrogen-bond donors (Lipinski definition) is 1. The van der Waals surface area contributed by atoms with Crippen molar-refractivity contribution in [3.63, 3.8) is 0 Å². The van der Waals surface area contributed by atoms with E-state index in [1.54, 1.807) is 30.9 Å². The molecule has 0 amide bonds. The van der Waals surface area contributed by atoms with Crippen LogP contribution in [0.5, 0.6) is 0 Å². The second kappa shape index (κ2) is 3.79. The maximum absolute atomic E-state index is 11.1. The van der Waals surface area contributed by atoms with Gasteiger partial charge in [0, 0.05) is 13.2 Å². The van der Waals surface area contributed by atoms with Gasteiger partial charge in [0.2, 0.25) is 0 Å². The zero-order valence-corrected chi connectivity index (χ0v) is 8.65. The molecule has 1 aromatic heterocycles. The van der Waals surface area contributed by atoms with Crippen LogP contribution in [-0.2, 0) is 22.1 Å². The fourth-order valence-electron chi connectivity index (χ4n) is 1.40. The van der Waals surface area contributed by atoms with Crippen LogP contribution in [0.3, 0.4) is 0 Å². The monoisotopic (exact) mass is 197 g/mol. The smallest absolute Gasteiger partial charge is 0.307 e. The number of carbonyl (C=O) groups is 1. The minimum atomic E-state index is -0.738. The van der Waals surface area contributed by atoms with E-state index in [4.69, 9.17) is 5.73 Å². The molecule has 0 aliphatic heterocycles. The zero-order chi connectivity index (χ0) is 10.8. The Morgan fingerprint density at radius 2 is 2.43 bits per heavy atom. The molecule has 2 N–H and O–H groups in total. The van der Waals surface area contributed by atoms with Crippen molar-refractivity contribution in [1.82, 2.24) is 9.78 Å². The normalized spacial score (nSPS) is 14.9. The largest absolute Gasteiger partial charge is 0.469 e. The molecule has 0 spiro atoms. The Morgan fingerprint density at radius 3 is 2.86 bits per heavy atom. The molecular formula is C9H15N3O2. The van der Waals surface area contributed by atoms with Gasteiger partial charge in [-0.2, -0.15) is 5.10 Å². The Balaban J connectivity index is 2.85. The topological polar surface area (TPSA) is 70.1 Å². The van der Waals surface area contributed by atoms with Crippen LogP contribution in [0, 0.1) is 0 Å². The Kier molecular flexibility index (Phi) is 2.90. The van der Waals surface area contributed by atoms with E-state index in [-0.39, 0.29) is 12.4 Å². The zero-order valence-electron chi connectivity index (χ0n) is 8.65. The summed E-state index contributed by atoms with van der Waals surface area (Å²) in [6.07, 6.45) is 1.79. The first kappa shape index (κ1) is 10.7. The lowest BCUT2D eigenvalue weighted by atomic mass is 9.95. The summed E-state index contributed by atoms with van der Waals surface area (Å²) in [4.78, 5) is 11.1. The van der Waals surface area contributed by atoms with Gasteiger partial charge in [0.1, 0.15) is 0 Å². The van der Waals surface area contributed by atoms with Crippen molar-refractivity contribution >= 4 is 5.97 Å². The Bertz CT molecular complexity index is 331. The van der Waals surface area contributed by atoms with Crippen molar-refractivity contribution < 1.29 is 9.53 Å². The summed E-state index contributed by atoms with van der Waals surface area (Å²) in [6.45, 7) is 1.78. The second-order valence-corrected chi connectivity index (χ2v) is 3.51. The van der Waals surface area contributed by atoms with E-state index < -0.39 is 5.54 Å². The van der Waals surface area contributed by atoms with E-state index in [9.17, 15) is 4.79 Å². The van der Waals surface area contributed by atoms with Crippen molar-refractivity contribution in [2.24, 2.45) is 12.8 Å². The molecule has 0 radical (unpaired) electrons. The van der Waals surface area contributed by atoms with E-state index in [1.807, 2.05) is 0 Å². The lowest BCUT2D eigenvalue weighted by molar-refractivity contribution is -0.142. The highest BCUT2D eigenvalue weighted by Gasteiger charge is 2.27. The molecule has 0 saturated carbocycles. The van der Waals surface area contributed by atoms with Crippen LogP contribution in [0.1, 0.15) is 19.0 Å². The molecule has 5 heteroatoms. The highest BCUT2D eigenvalue weighted by Crippen LogP contribution is 2.20. The molecule has 0 fully saturated rings. The number of ether oxygens (including phenoxy) is 1. The van der Waals surface area contributed by atoms with Gasteiger partial charge in [0.05, 0.1) is 24.8 Å². The van der Waals surface area contributed by atoms with E-state index in [2.05, 4.69) is 9.84 Å². The van der Waals surface area contributed by atoms with Crippen LogP contribution >= 0.6 is 0 Å². The third kappa shape index (κ3) is 2.11. The Labute approximate surface area is 82.8 Å². The molecule has 14 heavy (non-hydrogen) atoms. The number of hydrogen-bond acceptors (Lipinski definition) is 4. The third-order valence-electron chi connectivity index (χ3n) is 2.15. The molecular weight excluding hydrogens is 182 g/mol. The first-order valence-corrected chi connectivity index (χ1v) is 4.31. The SMILES string of the molecule is COC(=O)CC(C)(N)c1ccnn1C. The van der Waals surface area contributed by atoms with E-state index in [0.717, 1.165) is 5.69 Å². The maximum Gasteiger partial charge on any atom is 0.307 e. The van der Waals surface area contributed by atoms with Gasteiger partial charge in [-0.25, -0.2) is 0 Å². The number of nitrogens with two attached hydrogens (primary N) is 1. The average molecular weight is 197 g/mol. The molecule has 1 aromatic rings. The maximum atomic E-state index is 11.1. The minimum Gasteiger partial charge on any atom is -0.469 e. The predicted molar refractivity (Wildman–Crippen MR) is 51.4 cm³/mol. The van der Waals surface area contributed by atoms with E-state index in [0.29, 0.717) is 0 Å². The fourth-order valence-corrected chi connectivity index (χ4v) is 1.40. The molecule has 0 saturated heterocycles. The molecule has 1 unspecified atom stereocenters. The summed E-state index contributed by atoms with van der Waals surface area (Å²) in [5.74, 6) is -0.323. The molecule has 0 bridgehead atoms. The highest BCUT2D eigenvalue weighted by atomic mass is 16.5. The van der Waals surface area contributed by atoms with Crippen LogP contribution in [-0.4, -0.2) is 22.9 Å². The molecule has 0 aliphatic rings. The highest BCUT2D eigenvalue weighted by molar-refractivity contribution is 5.70. The lowest BCUT2D eigenvalue weighted by Crippen LogP contribution is -2.37. The summed E-state index contributed by atoms with van der Waals surface area (Å²) in [6, 6.07) is 1.79. The summed E-state index contributed by atoms with van der Waals surface area (Å²) >= 11 is 0. The van der Waals surface area contributed by atoms with Crippen molar-refractivity contribution in [3.8, 4) is 0 Å². The van der Waals surface area contributed by atoms with Crippen LogP contribution in [0.2, 0.25) is 0 Å². The van der Waals surface area contributed by atoms with E-state index >= 15 is 0 Å². The molecule has 1 heterocycles. The Morgan fingerprint density at radius 1 is 1.79 bits per heavy atom. The summed E-state index contributed by atoms with van der Waals surface area (Å²) in [7, 11) is 3.14. The first-order valence-electron chi connectivity index (χ1n) is 4.31. The van der Waals surface area contributed by atoms with Crippen molar-refractivity contribution in [2.45, 2.75) is 18.9 Å². The van der Waals surface area contributed by atoms with Crippen molar-refractivity contribution in [3.05, 3.63) is 18.0 Å². The molecule has 1 atom stereocenters. The van der Waals surface area contributed by atoms with Crippen molar-refractivity contribution in [1.29, 1.82) is 0 Å². The van der Waals surface area contributed by atoms with Crippen LogP contribution in [0.15, 0.2) is 12.3 Å². The summed E-state index contributed by atoms with van der Waals surface area (Å²) in [5, 5.41) is 4.00. The average Bonchev–Trinajstić information content (AvgIpc) is 2.51. The number of rotatable bonds is 3. The molecule has 1 rings (SSSR count). The molecule has 78 valence electrons. The van der Waals surface area contributed by atoms with Gasteiger partial charge in [0.15, 0.2) is 0 Å². The fraction of sp³-hybridized carbons (Fsp3) is 0.556. The lowest BCUT2D eigenvalue weighted by Gasteiger charge is -2.23. The number of carbonyl (C=O) groups excluding carboxylic acids is 1. The van der Waals surface area contributed by atoms with Crippen LogP contribution in [0.25, 0.3) is 0 Å². The van der Waals surface area contributed by atoms with Gasteiger partial charge in [-0.05, 0) is 13.0 Å². The van der Waals surface area contributed by atoms with Crippen LogP contribution in [0.4, 0.5) is 0 Å². The molecule has 5 nitrogen and oxygen atoms in total. The second-order valence-electron chi connectivity index (χ2n) is 3.51. The molecule has 0 aliphatic carbocycles. The van der Waals surface area contributed by atoms with Gasteiger partial charge in [-0.1, -0.05) is 0 Å². The summed E-state index contributed by atoms with van der Waals surface area (Å²) < 4.78 is 6.23. The third-order valence-corrected chi connectivity index (χ3v) is 2.15. The van der Waals surface area contributed by atoms with Gasteiger partial charge in [-0.15, -0.1) is 0 Å². The standard InChI is InChI=1S/C9H15N3O2/c1-9(10,6-8(13)14-3)7-4-5-11-12(7)2/h4-5H,6,10H2,1-3H3. The van der Waals surface area contributed by atoms with Gasteiger partial charge in [0.25, 0.3) is 0 Å². The van der Waals surface area contributed by atoms with Gasteiger partial charge in [-0.3, -0.25) is 9.48 Å². The van der Waals surface area contributed by atoms with Crippen molar-refractivity contribution in [2.75, 3.05) is 7.11 Å². The number of nitrogens with zero attached hydrogens (tertiary/aromatic N) is 2. The van der Waals surface area contributed by atoms with E-state index in [1.165, 1.54) is 7.11 Å². The molecule has 0 aromatic carbocycles. The first-order chi connectivity index (χ1) is 6.47. The number of esters is 1. The number of aromatic nitrogens is 2. The van der Waals surface area contributed by atoms with Gasteiger partial charge < -0.3 is 10.5 Å². The van der Waals surface area contributed by atoms with Crippen LogP contribution < -0.4 is 5.73 Å². The Hall–Kier alpha value is -1.36. The number of methoxy groups -OCH3 is 1. The minimum absolute atomic E-state index is 0.142. The predicted octanol–water partition coefficient (Wildman–Crippen LogP) is 0.157. The number of aryl methyl sites for hydroxylation is 1. The summed E-state index contributed by atoms with van der Waals surface area (Å²) in [5.41, 5.74) is 6.07. The quantitative estimate of drug-likeness (QED) is 0.700. The van der Waals surface area contributed by atoms with Gasteiger partial charge >= 0.3 is 5.97 Å².